The van der Waals surface area contributed by atoms with Crippen LogP contribution >= 0.6 is 0 Å². The number of nitrogens with zero attached hydrogens (tertiary/aromatic N) is 2. The number of aromatic nitrogens is 2. The monoisotopic (exact) mass is 633 g/mol. The first-order valence-electron chi connectivity index (χ1n) is 15.8. The molecule has 9 heteroatoms. The molecule has 2 aliphatic heterocycles. The highest BCUT2D eigenvalue weighted by atomic mass is 28.3. The zero-order chi connectivity index (χ0) is 32.2. The van der Waals surface area contributed by atoms with Crippen molar-refractivity contribution in [3.8, 4) is 11.4 Å². The number of rotatable bonds is 8. The summed E-state index contributed by atoms with van der Waals surface area (Å²) in [5.41, 5.74) is 2.51. The molecular weight excluding hydrogens is 595 g/mol. The number of hydrogen-bond donors (Lipinski definition) is 2. The van der Waals surface area contributed by atoms with Crippen LogP contribution in [0.3, 0.4) is 0 Å². The molecule has 5 aromatic rings. The SMILES string of the molecule is COc1ccc([Si](C)(C)[C@@H]2[C@@H](CCO)O[C@]3(C(=O)N(Cc4ccccc4)c4ccc(-n5[nH]c6ccccc6c5=O)cc43)[C@H]2C)cc1. The van der Waals surface area contributed by atoms with Crippen LogP contribution in [0.5, 0.6) is 5.75 Å². The Hall–Kier alpha value is -4.44. The molecule has 0 unspecified atom stereocenters. The van der Waals surface area contributed by atoms with Crippen molar-refractivity contribution in [2.75, 3.05) is 18.6 Å². The van der Waals surface area contributed by atoms with E-state index in [2.05, 4.69) is 37.2 Å². The largest absolute Gasteiger partial charge is 0.497 e. The second kappa shape index (κ2) is 11.4. The zero-order valence-electron chi connectivity index (χ0n) is 26.6. The lowest BCUT2D eigenvalue weighted by molar-refractivity contribution is -0.146. The van der Waals surface area contributed by atoms with Crippen LogP contribution < -0.4 is 20.4 Å². The quantitative estimate of drug-likeness (QED) is 0.221. The lowest BCUT2D eigenvalue weighted by atomic mass is 9.82. The predicted molar refractivity (Wildman–Crippen MR) is 183 cm³/mol. The van der Waals surface area contributed by atoms with Crippen molar-refractivity contribution >= 4 is 35.8 Å². The van der Waals surface area contributed by atoms with Gasteiger partial charge in [-0.3, -0.25) is 14.7 Å². The van der Waals surface area contributed by atoms with Crippen molar-refractivity contribution < 1.29 is 19.4 Å². The minimum absolute atomic E-state index is 0.0148. The standard InChI is InChI=1S/C37H39N3O5Si/c1-24-34(46(3,4)28-17-15-27(44-2)16-18-28)33(20-21-41)45-37(24)30-22-26(40-35(42)29-12-8-9-13-31(29)38-40)14-19-32(30)39(36(37)43)23-25-10-6-5-7-11-25/h5-19,22,24,33-34,38,41H,20-21,23H2,1-4H3/t24-,33+,34-,37+/m0/s1. The minimum atomic E-state index is -2.32. The number of nitrogens with one attached hydrogen (secondary N) is 1. The van der Waals surface area contributed by atoms with Gasteiger partial charge in [-0.25, -0.2) is 4.68 Å². The van der Waals surface area contributed by atoms with E-state index in [1.807, 2.05) is 89.8 Å². The average molecular weight is 634 g/mol. The number of ether oxygens (including phenoxy) is 2. The summed E-state index contributed by atoms with van der Waals surface area (Å²) in [5, 5.41) is 15.3. The van der Waals surface area contributed by atoms with Gasteiger partial charge in [0.1, 0.15) is 5.75 Å². The summed E-state index contributed by atoms with van der Waals surface area (Å²) >= 11 is 0. The highest BCUT2D eigenvalue weighted by molar-refractivity contribution is 6.91. The van der Waals surface area contributed by atoms with Crippen molar-refractivity contribution in [3.63, 3.8) is 0 Å². The van der Waals surface area contributed by atoms with Gasteiger partial charge in [0.2, 0.25) is 0 Å². The van der Waals surface area contributed by atoms with Crippen molar-refractivity contribution in [3.05, 3.63) is 119 Å². The molecule has 8 nitrogen and oxygen atoms in total. The fourth-order valence-electron chi connectivity index (χ4n) is 8.00. The number of hydrogen-bond acceptors (Lipinski definition) is 5. The molecule has 0 aliphatic carbocycles. The van der Waals surface area contributed by atoms with E-state index in [4.69, 9.17) is 9.47 Å². The Bertz CT molecular complexity index is 1970. The second-order valence-electron chi connectivity index (χ2n) is 13.0. The van der Waals surface area contributed by atoms with Crippen LogP contribution in [0.4, 0.5) is 5.69 Å². The molecule has 2 N–H and O–H groups in total. The number of methoxy groups -OCH3 is 1. The van der Waals surface area contributed by atoms with E-state index in [1.54, 1.807) is 11.8 Å². The van der Waals surface area contributed by atoms with E-state index in [-0.39, 0.29) is 35.6 Å². The predicted octanol–water partition coefficient (Wildman–Crippen LogP) is 5.47. The summed E-state index contributed by atoms with van der Waals surface area (Å²) in [5.74, 6) is 0.475. The average Bonchev–Trinajstić information content (AvgIpc) is 3.65. The summed E-state index contributed by atoms with van der Waals surface area (Å²) in [6.45, 7) is 7.13. The molecule has 236 valence electrons. The van der Waals surface area contributed by atoms with Gasteiger partial charge >= 0.3 is 0 Å². The Morgan fingerprint density at radius 3 is 2.37 bits per heavy atom. The maximum atomic E-state index is 15.0. The zero-order valence-corrected chi connectivity index (χ0v) is 27.6. The molecule has 1 spiro atoms. The summed E-state index contributed by atoms with van der Waals surface area (Å²) in [6.07, 6.45) is 0.0860. The number of benzene rings is 4. The van der Waals surface area contributed by atoms with Gasteiger partial charge in [0.05, 0.1) is 50.1 Å². The Kier molecular flexibility index (Phi) is 7.50. The minimum Gasteiger partial charge on any atom is -0.497 e. The fraction of sp³-hybridized carbons (Fsp3) is 0.297. The van der Waals surface area contributed by atoms with E-state index in [9.17, 15) is 14.7 Å². The van der Waals surface area contributed by atoms with Crippen LogP contribution in [-0.4, -0.2) is 48.7 Å². The summed E-state index contributed by atoms with van der Waals surface area (Å²) in [7, 11) is -0.658. The number of aromatic amines is 1. The molecule has 1 aromatic heterocycles. The topological polar surface area (TPSA) is 96.8 Å². The molecule has 3 heterocycles. The maximum absolute atomic E-state index is 15.0. The number of H-pyrrole nitrogens is 1. The maximum Gasteiger partial charge on any atom is 0.279 e. The molecule has 1 amide bonds. The molecule has 7 rings (SSSR count). The van der Waals surface area contributed by atoms with Gasteiger partial charge in [0.25, 0.3) is 11.5 Å². The Morgan fingerprint density at radius 1 is 0.957 bits per heavy atom. The number of carbonyl (C=O) groups excluding carboxylic acids is 1. The molecule has 0 radical (unpaired) electrons. The number of aliphatic hydroxyl groups excluding tert-OH is 1. The van der Waals surface area contributed by atoms with E-state index in [0.717, 1.165) is 28.1 Å². The third-order valence-electron chi connectivity index (χ3n) is 10.3. The first kappa shape index (κ1) is 30.2. The van der Waals surface area contributed by atoms with Crippen LogP contribution in [0.1, 0.15) is 24.5 Å². The number of para-hydroxylation sites is 1. The first-order valence-corrected chi connectivity index (χ1v) is 18.9. The van der Waals surface area contributed by atoms with Crippen LogP contribution in [0.15, 0.2) is 102 Å². The molecule has 1 fully saturated rings. The van der Waals surface area contributed by atoms with Gasteiger partial charge < -0.3 is 19.5 Å². The fourth-order valence-corrected chi connectivity index (χ4v) is 12.1. The normalized spacial score (nSPS) is 22.6. The molecule has 2 aliphatic rings. The highest BCUT2D eigenvalue weighted by Gasteiger charge is 2.66. The van der Waals surface area contributed by atoms with Crippen molar-refractivity contribution in [2.45, 2.75) is 50.2 Å². The van der Waals surface area contributed by atoms with Crippen LogP contribution in [0, 0.1) is 5.92 Å². The molecule has 1 saturated heterocycles. The van der Waals surface area contributed by atoms with Crippen LogP contribution in [0.2, 0.25) is 18.6 Å². The highest BCUT2D eigenvalue weighted by Crippen LogP contribution is 2.60. The smallest absolute Gasteiger partial charge is 0.279 e. The van der Waals surface area contributed by atoms with E-state index < -0.39 is 13.7 Å². The Morgan fingerprint density at radius 2 is 1.67 bits per heavy atom. The summed E-state index contributed by atoms with van der Waals surface area (Å²) in [6, 6.07) is 31.4. The third kappa shape index (κ3) is 4.56. The number of fused-ring (bicyclic) bond motifs is 3. The van der Waals surface area contributed by atoms with Gasteiger partial charge in [-0.2, -0.15) is 0 Å². The van der Waals surface area contributed by atoms with Gasteiger partial charge in [0.15, 0.2) is 5.60 Å². The molecule has 0 saturated carbocycles. The summed E-state index contributed by atoms with van der Waals surface area (Å²) < 4.78 is 14.1. The summed E-state index contributed by atoms with van der Waals surface area (Å²) in [4.78, 5) is 30.3. The number of amides is 1. The number of carbonyl (C=O) groups is 1. The van der Waals surface area contributed by atoms with Gasteiger partial charge in [0, 0.05) is 18.1 Å². The molecule has 4 atom stereocenters. The molecule has 0 bridgehead atoms. The first-order chi connectivity index (χ1) is 22.2. The third-order valence-corrected chi connectivity index (χ3v) is 14.6. The molecular formula is C37H39N3O5Si. The van der Waals surface area contributed by atoms with Gasteiger partial charge in [-0.15, -0.1) is 0 Å². The van der Waals surface area contributed by atoms with Crippen molar-refractivity contribution in [1.29, 1.82) is 0 Å². The lowest BCUT2D eigenvalue weighted by Crippen LogP contribution is -2.51. The number of anilines is 1. The Balaban J connectivity index is 1.39. The van der Waals surface area contributed by atoms with Crippen molar-refractivity contribution in [1.82, 2.24) is 9.78 Å². The Labute approximate surface area is 269 Å². The van der Waals surface area contributed by atoms with E-state index in [0.29, 0.717) is 24.0 Å². The second-order valence-corrected chi connectivity index (χ2v) is 17.7. The van der Waals surface area contributed by atoms with Gasteiger partial charge in [-0.1, -0.05) is 79.8 Å². The van der Waals surface area contributed by atoms with E-state index >= 15 is 0 Å². The van der Waals surface area contributed by atoms with Crippen molar-refractivity contribution in [2.24, 2.45) is 5.92 Å². The number of aliphatic hydroxyl groups is 1. The molecule has 4 aromatic carbocycles. The van der Waals surface area contributed by atoms with Crippen LogP contribution in [0.25, 0.3) is 16.6 Å². The van der Waals surface area contributed by atoms with E-state index in [1.165, 1.54) is 5.19 Å². The van der Waals surface area contributed by atoms with Crippen LogP contribution in [-0.2, 0) is 21.7 Å². The molecule has 46 heavy (non-hydrogen) atoms. The van der Waals surface area contributed by atoms with Gasteiger partial charge in [-0.05, 0) is 60.0 Å². The lowest BCUT2D eigenvalue weighted by Gasteiger charge is -2.37.